The Morgan fingerprint density at radius 1 is 1.21 bits per heavy atom. The summed E-state index contributed by atoms with van der Waals surface area (Å²) in [6, 6.07) is 0.344. The fraction of sp³-hybridized carbons (Fsp3) is 1.00. The summed E-state index contributed by atoms with van der Waals surface area (Å²) in [7, 11) is 0. The summed E-state index contributed by atoms with van der Waals surface area (Å²) in [5, 5.41) is 3.11. The van der Waals surface area contributed by atoms with Crippen LogP contribution >= 0.6 is 0 Å². The van der Waals surface area contributed by atoms with Crippen molar-refractivity contribution >= 4 is 0 Å². The van der Waals surface area contributed by atoms with Crippen molar-refractivity contribution in [2.75, 3.05) is 19.8 Å². The van der Waals surface area contributed by atoms with Gasteiger partial charge in [0.2, 0.25) is 0 Å². The van der Waals surface area contributed by atoms with E-state index in [1.165, 1.54) is 0 Å². The zero-order chi connectivity index (χ0) is 10.4. The minimum Gasteiger partial charge on any atom is -0.381 e. The highest BCUT2D eigenvalue weighted by molar-refractivity contribution is 4.70. The Bertz CT molecular complexity index is 155. The van der Waals surface area contributed by atoms with Crippen molar-refractivity contribution < 1.29 is 17.9 Å². The monoisotopic (exact) mass is 211 g/mol. The van der Waals surface area contributed by atoms with E-state index in [1.807, 2.05) is 0 Å². The van der Waals surface area contributed by atoms with Crippen LogP contribution in [0.15, 0.2) is 0 Å². The predicted octanol–water partition coefficient (Wildman–Crippen LogP) is 2.10. The molecule has 1 saturated heterocycles. The predicted molar refractivity (Wildman–Crippen MR) is 47.1 cm³/mol. The van der Waals surface area contributed by atoms with Gasteiger partial charge >= 0.3 is 6.18 Å². The van der Waals surface area contributed by atoms with Crippen LogP contribution in [-0.4, -0.2) is 32.0 Å². The first-order valence-corrected chi connectivity index (χ1v) is 4.96. The molecule has 0 aromatic heterocycles. The van der Waals surface area contributed by atoms with E-state index >= 15 is 0 Å². The van der Waals surface area contributed by atoms with Crippen molar-refractivity contribution in [2.45, 2.75) is 37.9 Å². The van der Waals surface area contributed by atoms with Crippen molar-refractivity contribution in [3.63, 3.8) is 0 Å². The first-order chi connectivity index (χ1) is 6.58. The number of rotatable bonds is 4. The molecule has 0 aliphatic carbocycles. The number of hydrogen-bond acceptors (Lipinski definition) is 2. The largest absolute Gasteiger partial charge is 0.389 e. The molecule has 2 nitrogen and oxygen atoms in total. The van der Waals surface area contributed by atoms with Crippen molar-refractivity contribution in [2.24, 2.45) is 0 Å². The number of nitrogens with one attached hydrogen (secondary N) is 1. The molecule has 1 aliphatic rings. The van der Waals surface area contributed by atoms with Gasteiger partial charge in [0.05, 0.1) is 0 Å². The number of halogens is 3. The zero-order valence-corrected chi connectivity index (χ0v) is 8.07. The van der Waals surface area contributed by atoms with Crippen LogP contribution in [0.2, 0.25) is 0 Å². The lowest BCUT2D eigenvalue weighted by Gasteiger charge is -2.23. The minimum atomic E-state index is -4.02. The van der Waals surface area contributed by atoms with Crippen LogP contribution in [0, 0.1) is 0 Å². The smallest absolute Gasteiger partial charge is 0.381 e. The lowest BCUT2D eigenvalue weighted by molar-refractivity contribution is -0.135. The lowest BCUT2D eigenvalue weighted by Crippen LogP contribution is -2.35. The second-order valence-electron chi connectivity index (χ2n) is 3.56. The van der Waals surface area contributed by atoms with Crippen LogP contribution in [0.4, 0.5) is 13.2 Å². The highest BCUT2D eigenvalue weighted by atomic mass is 19.4. The number of hydrogen-bond donors (Lipinski definition) is 1. The highest BCUT2D eigenvalue weighted by Crippen LogP contribution is 2.20. The van der Waals surface area contributed by atoms with Crippen molar-refractivity contribution in [1.29, 1.82) is 0 Å². The molecule has 1 fully saturated rings. The topological polar surface area (TPSA) is 21.3 Å². The maximum Gasteiger partial charge on any atom is 0.389 e. The van der Waals surface area contributed by atoms with Crippen molar-refractivity contribution in [3.05, 3.63) is 0 Å². The molecule has 1 aliphatic heterocycles. The molecule has 0 saturated carbocycles. The molecule has 84 valence electrons. The second-order valence-corrected chi connectivity index (χ2v) is 3.56. The lowest BCUT2D eigenvalue weighted by atomic mass is 10.1. The van der Waals surface area contributed by atoms with Gasteiger partial charge < -0.3 is 10.1 Å². The van der Waals surface area contributed by atoms with Crippen LogP contribution in [0.5, 0.6) is 0 Å². The van der Waals surface area contributed by atoms with E-state index in [1.54, 1.807) is 0 Å². The standard InChI is InChI=1S/C9H16F3NO/c10-9(11,12)4-1-5-13-8-2-6-14-7-3-8/h8,13H,1-7H2. The molecule has 0 aromatic rings. The molecule has 0 atom stereocenters. The molecular weight excluding hydrogens is 195 g/mol. The van der Waals surface area contributed by atoms with Gasteiger partial charge in [-0.1, -0.05) is 0 Å². The molecule has 0 spiro atoms. The van der Waals surface area contributed by atoms with Gasteiger partial charge in [-0.2, -0.15) is 13.2 Å². The molecule has 0 unspecified atom stereocenters. The number of ether oxygens (including phenoxy) is 1. The average molecular weight is 211 g/mol. The maximum absolute atomic E-state index is 11.8. The zero-order valence-electron chi connectivity index (χ0n) is 8.07. The van der Waals surface area contributed by atoms with E-state index in [9.17, 15) is 13.2 Å². The molecular formula is C9H16F3NO. The van der Waals surface area contributed by atoms with Crippen LogP contribution < -0.4 is 5.32 Å². The molecule has 0 amide bonds. The summed E-state index contributed by atoms with van der Waals surface area (Å²) in [6.45, 7) is 1.89. The van der Waals surface area contributed by atoms with Crippen molar-refractivity contribution in [1.82, 2.24) is 5.32 Å². The first kappa shape index (κ1) is 11.8. The Balaban J connectivity index is 1.97. The van der Waals surface area contributed by atoms with Gasteiger partial charge in [0, 0.05) is 25.7 Å². The van der Waals surface area contributed by atoms with E-state index in [0.29, 0.717) is 12.6 Å². The molecule has 1 heterocycles. The van der Waals surface area contributed by atoms with Gasteiger partial charge in [-0.05, 0) is 25.8 Å². The normalized spacial score (nSPS) is 19.9. The summed E-state index contributed by atoms with van der Waals surface area (Å²) in [4.78, 5) is 0. The third-order valence-electron chi connectivity index (χ3n) is 2.29. The van der Waals surface area contributed by atoms with E-state index in [-0.39, 0.29) is 6.42 Å². The Morgan fingerprint density at radius 3 is 2.43 bits per heavy atom. The Kier molecular flexibility index (Phi) is 4.68. The molecule has 0 bridgehead atoms. The molecule has 5 heteroatoms. The van der Waals surface area contributed by atoms with Gasteiger partial charge in [-0.15, -0.1) is 0 Å². The minimum absolute atomic E-state index is 0.168. The summed E-state index contributed by atoms with van der Waals surface area (Å²) in [5.41, 5.74) is 0. The third-order valence-corrected chi connectivity index (χ3v) is 2.29. The van der Waals surface area contributed by atoms with Gasteiger partial charge in [0.25, 0.3) is 0 Å². The Labute approximate surface area is 81.8 Å². The van der Waals surface area contributed by atoms with E-state index in [4.69, 9.17) is 4.74 Å². The van der Waals surface area contributed by atoms with Gasteiger partial charge in [0.15, 0.2) is 0 Å². The van der Waals surface area contributed by atoms with Crippen LogP contribution in [0.3, 0.4) is 0 Å². The fourth-order valence-corrected chi connectivity index (χ4v) is 1.50. The molecule has 0 radical (unpaired) electrons. The van der Waals surface area contributed by atoms with Crippen LogP contribution in [0.1, 0.15) is 25.7 Å². The van der Waals surface area contributed by atoms with E-state index in [0.717, 1.165) is 26.1 Å². The van der Waals surface area contributed by atoms with E-state index in [2.05, 4.69) is 5.32 Å². The second kappa shape index (κ2) is 5.56. The Hall–Kier alpha value is -0.290. The summed E-state index contributed by atoms with van der Waals surface area (Å²) >= 11 is 0. The average Bonchev–Trinajstić information content (AvgIpc) is 2.13. The van der Waals surface area contributed by atoms with Gasteiger partial charge in [0.1, 0.15) is 0 Å². The fourth-order valence-electron chi connectivity index (χ4n) is 1.50. The molecule has 14 heavy (non-hydrogen) atoms. The molecule has 1 N–H and O–H groups in total. The highest BCUT2D eigenvalue weighted by Gasteiger charge is 2.26. The van der Waals surface area contributed by atoms with Gasteiger partial charge in [-0.3, -0.25) is 0 Å². The molecule has 0 aromatic carbocycles. The van der Waals surface area contributed by atoms with E-state index < -0.39 is 12.6 Å². The molecule has 1 rings (SSSR count). The van der Waals surface area contributed by atoms with Gasteiger partial charge in [-0.25, -0.2) is 0 Å². The van der Waals surface area contributed by atoms with Crippen molar-refractivity contribution in [3.8, 4) is 0 Å². The van der Waals surface area contributed by atoms with Crippen LogP contribution in [-0.2, 0) is 4.74 Å². The number of alkyl halides is 3. The maximum atomic E-state index is 11.8. The third kappa shape index (κ3) is 5.44. The first-order valence-electron chi connectivity index (χ1n) is 4.96. The summed E-state index contributed by atoms with van der Waals surface area (Å²) in [6.07, 6.45) is -2.72. The Morgan fingerprint density at radius 2 is 1.86 bits per heavy atom. The quantitative estimate of drug-likeness (QED) is 0.719. The summed E-state index contributed by atoms with van der Waals surface area (Å²) < 4.78 is 40.5. The summed E-state index contributed by atoms with van der Waals surface area (Å²) in [5.74, 6) is 0. The SMILES string of the molecule is FC(F)(F)CCCNC1CCOCC1. The van der Waals surface area contributed by atoms with Crippen LogP contribution in [0.25, 0.3) is 0 Å².